The molecule has 18 heavy (non-hydrogen) atoms. The van der Waals surface area contributed by atoms with E-state index in [1.165, 1.54) is 16.0 Å². The van der Waals surface area contributed by atoms with E-state index < -0.39 is 0 Å². The predicted octanol–water partition coefficient (Wildman–Crippen LogP) is 3.95. The second kappa shape index (κ2) is 5.63. The van der Waals surface area contributed by atoms with Crippen molar-refractivity contribution in [3.8, 4) is 10.6 Å². The summed E-state index contributed by atoms with van der Waals surface area (Å²) in [6.07, 6.45) is 2.02. The van der Waals surface area contributed by atoms with E-state index in [1.54, 1.807) is 11.3 Å². The fourth-order valence-electron chi connectivity index (χ4n) is 1.98. The molecule has 0 aliphatic heterocycles. The molecular weight excluding hydrogens is 240 g/mol. The van der Waals surface area contributed by atoms with E-state index in [-0.39, 0.29) is 6.04 Å². The van der Waals surface area contributed by atoms with E-state index in [2.05, 4.69) is 38.1 Å². The van der Waals surface area contributed by atoms with Crippen LogP contribution in [0.2, 0.25) is 0 Å². The van der Waals surface area contributed by atoms with Gasteiger partial charge in [0.25, 0.3) is 0 Å². The number of hydrogen-bond acceptors (Lipinski definition) is 3. The van der Waals surface area contributed by atoms with Crippen LogP contribution in [0, 0.1) is 0 Å². The van der Waals surface area contributed by atoms with E-state index >= 15 is 0 Å². The number of nitrogens with zero attached hydrogens (tertiary/aromatic N) is 1. The third-order valence-electron chi connectivity index (χ3n) is 3.09. The van der Waals surface area contributed by atoms with Crippen molar-refractivity contribution in [2.24, 2.45) is 5.73 Å². The third kappa shape index (κ3) is 2.62. The number of thiazole rings is 1. The molecule has 0 bridgehead atoms. The summed E-state index contributed by atoms with van der Waals surface area (Å²) in [6.45, 7) is 6.32. The number of aromatic nitrogens is 1. The maximum absolute atomic E-state index is 6.00. The Morgan fingerprint density at radius 2 is 1.83 bits per heavy atom. The molecule has 0 radical (unpaired) electrons. The summed E-state index contributed by atoms with van der Waals surface area (Å²) in [5.41, 5.74) is 9.69. The molecule has 1 aromatic carbocycles. The lowest BCUT2D eigenvalue weighted by atomic mass is 10.1. The van der Waals surface area contributed by atoms with Gasteiger partial charge in [-0.2, -0.15) is 0 Å². The minimum Gasteiger partial charge on any atom is -0.323 e. The van der Waals surface area contributed by atoms with Gasteiger partial charge in [0.15, 0.2) is 0 Å². The maximum Gasteiger partial charge on any atom is 0.123 e. The molecule has 0 aliphatic carbocycles. The molecular formula is C15H20N2S. The summed E-state index contributed by atoms with van der Waals surface area (Å²) in [7, 11) is 0. The van der Waals surface area contributed by atoms with Crippen molar-refractivity contribution in [1.29, 1.82) is 0 Å². The van der Waals surface area contributed by atoms with Crippen LogP contribution in [0.25, 0.3) is 10.6 Å². The molecule has 2 N–H and O–H groups in total. The van der Waals surface area contributed by atoms with Crippen molar-refractivity contribution in [2.75, 3.05) is 0 Å². The number of benzene rings is 1. The quantitative estimate of drug-likeness (QED) is 0.904. The summed E-state index contributed by atoms with van der Waals surface area (Å²) >= 11 is 1.72. The molecule has 0 saturated carbocycles. The highest BCUT2D eigenvalue weighted by Crippen LogP contribution is 2.31. The molecule has 0 spiro atoms. The van der Waals surface area contributed by atoms with Gasteiger partial charge in [-0.3, -0.25) is 0 Å². The zero-order valence-electron chi connectivity index (χ0n) is 11.2. The second-order valence-corrected chi connectivity index (χ2v) is 5.55. The number of rotatable bonds is 4. The van der Waals surface area contributed by atoms with Gasteiger partial charge in [0.1, 0.15) is 5.01 Å². The average Bonchev–Trinajstić information content (AvgIpc) is 2.83. The normalized spacial score (nSPS) is 12.7. The molecule has 2 nitrogen and oxygen atoms in total. The zero-order valence-corrected chi connectivity index (χ0v) is 12.1. The van der Waals surface area contributed by atoms with Gasteiger partial charge in [0.2, 0.25) is 0 Å². The Labute approximate surface area is 113 Å². The molecule has 1 heterocycles. The van der Waals surface area contributed by atoms with E-state index in [4.69, 9.17) is 10.7 Å². The lowest BCUT2D eigenvalue weighted by Crippen LogP contribution is -2.05. The molecule has 3 heteroatoms. The summed E-state index contributed by atoms with van der Waals surface area (Å²) < 4.78 is 0. The van der Waals surface area contributed by atoms with Crippen molar-refractivity contribution < 1.29 is 0 Å². The van der Waals surface area contributed by atoms with Crippen molar-refractivity contribution >= 4 is 11.3 Å². The minimum absolute atomic E-state index is 0.0705. The number of nitrogens with two attached hydrogens (primary N) is 1. The van der Waals surface area contributed by atoms with Gasteiger partial charge in [-0.15, -0.1) is 11.3 Å². The van der Waals surface area contributed by atoms with E-state index in [9.17, 15) is 0 Å². The molecule has 2 aromatic rings. The van der Waals surface area contributed by atoms with E-state index in [1.807, 2.05) is 6.92 Å². The van der Waals surface area contributed by atoms with E-state index in [0.29, 0.717) is 0 Å². The van der Waals surface area contributed by atoms with Crippen LogP contribution in [0.5, 0.6) is 0 Å². The first-order valence-electron chi connectivity index (χ1n) is 6.50. The van der Waals surface area contributed by atoms with Gasteiger partial charge in [0.05, 0.1) is 5.69 Å². The largest absolute Gasteiger partial charge is 0.323 e. The Morgan fingerprint density at radius 1 is 1.17 bits per heavy atom. The molecule has 1 atom stereocenters. The Kier molecular flexibility index (Phi) is 4.15. The van der Waals surface area contributed by atoms with Crippen molar-refractivity contribution in [3.63, 3.8) is 0 Å². The number of hydrogen-bond donors (Lipinski definition) is 1. The lowest BCUT2D eigenvalue weighted by molar-refractivity contribution is 0.814. The monoisotopic (exact) mass is 260 g/mol. The average molecular weight is 260 g/mol. The first-order valence-corrected chi connectivity index (χ1v) is 7.31. The fourth-order valence-corrected chi connectivity index (χ4v) is 3.09. The van der Waals surface area contributed by atoms with Gasteiger partial charge < -0.3 is 5.73 Å². The minimum atomic E-state index is 0.0705. The van der Waals surface area contributed by atoms with Gasteiger partial charge in [-0.05, 0) is 25.3 Å². The zero-order chi connectivity index (χ0) is 13.1. The van der Waals surface area contributed by atoms with Crippen LogP contribution in [0.3, 0.4) is 0 Å². The first kappa shape index (κ1) is 13.2. The summed E-state index contributed by atoms with van der Waals surface area (Å²) in [4.78, 5) is 5.93. The summed E-state index contributed by atoms with van der Waals surface area (Å²) in [6, 6.07) is 8.73. The van der Waals surface area contributed by atoms with Gasteiger partial charge in [-0.1, -0.05) is 38.1 Å². The van der Waals surface area contributed by atoms with Crippen LogP contribution in [0.15, 0.2) is 24.3 Å². The predicted molar refractivity (Wildman–Crippen MR) is 78.9 cm³/mol. The van der Waals surface area contributed by atoms with Gasteiger partial charge in [0, 0.05) is 16.5 Å². The van der Waals surface area contributed by atoms with Crippen molar-refractivity contribution in [3.05, 3.63) is 40.4 Å². The van der Waals surface area contributed by atoms with Crippen LogP contribution >= 0.6 is 11.3 Å². The Morgan fingerprint density at radius 3 is 2.28 bits per heavy atom. The van der Waals surface area contributed by atoms with Gasteiger partial charge in [-0.25, -0.2) is 4.98 Å². The molecule has 0 fully saturated rings. The highest BCUT2D eigenvalue weighted by molar-refractivity contribution is 7.15. The lowest BCUT2D eigenvalue weighted by Gasteiger charge is -2.01. The third-order valence-corrected chi connectivity index (χ3v) is 4.43. The standard InChI is InChI=1S/C15H20N2S/c1-4-11-6-8-12(9-7-11)15-17-13(5-2)14(18-15)10(3)16/h6-10H,4-5,16H2,1-3H3. The maximum atomic E-state index is 6.00. The number of aryl methyl sites for hydroxylation is 2. The topological polar surface area (TPSA) is 38.9 Å². The van der Waals surface area contributed by atoms with Crippen LogP contribution in [0.1, 0.15) is 42.9 Å². The Balaban J connectivity index is 2.37. The molecule has 0 amide bonds. The highest BCUT2D eigenvalue weighted by atomic mass is 32.1. The van der Waals surface area contributed by atoms with Crippen LogP contribution in [-0.2, 0) is 12.8 Å². The van der Waals surface area contributed by atoms with Crippen LogP contribution in [0.4, 0.5) is 0 Å². The smallest absolute Gasteiger partial charge is 0.123 e. The van der Waals surface area contributed by atoms with E-state index in [0.717, 1.165) is 23.5 Å². The van der Waals surface area contributed by atoms with Crippen molar-refractivity contribution in [1.82, 2.24) is 4.98 Å². The molecule has 0 aliphatic rings. The second-order valence-electron chi connectivity index (χ2n) is 4.52. The van der Waals surface area contributed by atoms with Crippen LogP contribution in [-0.4, -0.2) is 4.98 Å². The molecule has 2 rings (SSSR count). The molecule has 0 saturated heterocycles. The summed E-state index contributed by atoms with van der Waals surface area (Å²) in [5, 5.41) is 1.09. The van der Waals surface area contributed by atoms with Gasteiger partial charge >= 0.3 is 0 Å². The Hall–Kier alpha value is -1.19. The molecule has 1 unspecified atom stereocenters. The van der Waals surface area contributed by atoms with Crippen molar-refractivity contribution in [2.45, 2.75) is 39.7 Å². The first-order chi connectivity index (χ1) is 8.65. The molecule has 1 aromatic heterocycles. The van der Waals surface area contributed by atoms with Crippen LogP contribution < -0.4 is 5.73 Å². The molecule has 96 valence electrons. The SMILES string of the molecule is CCc1ccc(-c2nc(CC)c(C(C)N)s2)cc1. The fraction of sp³-hybridized carbons (Fsp3) is 0.400. The highest BCUT2D eigenvalue weighted by Gasteiger charge is 2.13. The summed E-state index contributed by atoms with van der Waals surface area (Å²) in [5.74, 6) is 0. The Bertz CT molecular complexity index is 512.